The summed E-state index contributed by atoms with van der Waals surface area (Å²) in [6.07, 6.45) is 0. The highest BCUT2D eigenvalue weighted by molar-refractivity contribution is 7.92. The molecule has 1 N–H and O–H groups in total. The second-order valence-corrected chi connectivity index (χ2v) is 11.7. The Hall–Kier alpha value is -2.78. The Kier molecular flexibility index (Phi) is 10.1. The summed E-state index contributed by atoms with van der Waals surface area (Å²) in [7, 11) is -4.18. The summed E-state index contributed by atoms with van der Waals surface area (Å²) in [4.78, 5) is 28.0. The number of rotatable bonds is 10. The Morgan fingerprint density at radius 3 is 2.21 bits per heavy atom. The Morgan fingerprint density at radius 1 is 0.947 bits per heavy atom. The van der Waals surface area contributed by atoms with E-state index in [2.05, 4.69) is 5.32 Å². The molecule has 11 heteroatoms. The van der Waals surface area contributed by atoms with E-state index in [1.54, 1.807) is 69.3 Å². The molecule has 0 unspecified atom stereocenters. The SMILES string of the molecule is CCNC(=O)[C@@H](C)N(Cc1ccc(Cl)cc1Cl)C(=O)CN(c1cc(Cl)ccc1C)S(=O)(=O)c1ccccc1. The molecule has 7 nitrogen and oxygen atoms in total. The number of amides is 2. The van der Waals surface area contributed by atoms with Crippen molar-refractivity contribution in [2.75, 3.05) is 17.4 Å². The molecule has 0 spiro atoms. The van der Waals surface area contributed by atoms with Crippen LogP contribution in [-0.2, 0) is 26.2 Å². The van der Waals surface area contributed by atoms with Crippen LogP contribution in [0.3, 0.4) is 0 Å². The third-order valence-corrected chi connectivity index (χ3v) is 8.52. The second kappa shape index (κ2) is 12.8. The van der Waals surface area contributed by atoms with Crippen LogP contribution in [0.4, 0.5) is 5.69 Å². The van der Waals surface area contributed by atoms with Gasteiger partial charge in [-0.25, -0.2) is 8.42 Å². The number of anilines is 1. The van der Waals surface area contributed by atoms with Crippen LogP contribution < -0.4 is 9.62 Å². The largest absolute Gasteiger partial charge is 0.355 e. The average molecular weight is 597 g/mol. The zero-order chi connectivity index (χ0) is 28.0. The summed E-state index contributed by atoms with van der Waals surface area (Å²) < 4.78 is 28.6. The van der Waals surface area contributed by atoms with Crippen molar-refractivity contribution in [2.24, 2.45) is 0 Å². The van der Waals surface area contributed by atoms with Crippen LogP contribution in [0.15, 0.2) is 71.6 Å². The van der Waals surface area contributed by atoms with Gasteiger partial charge in [-0.3, -0.25) is 13.9 Å². The maximum absolute atomic E-state index is 13.9. The van der Waals surface area contributed by atoms with Crippen LogP contribution in [0.25, 0.3) is 0 Å². The fraction of sp³-hybridized carbons (Fsp3) is 0.259. The molecule has 202 valence electrons. The van der Waals surface area contributed by atoms with Gasteiger partial charge in [0.15, 0.2) is 0 Å². The fourth-order valence-corrected chi connectivity index (χ4v) is 5.95. The lowest BCUT2D eigenvalue weighted by molar-refractivity contribution is -0.139. The number of likely N-dealkylation sites (N-methyl/N-ethyl adjacent to an activating group) is 1. The first-order valence-corrected chi connectivity index (χ1v) is 14.4. The predicted molar refractivity (Wildman–Crippen MR) is 152 cm³/mol. The van der Waals surface area contributed by atoms with Crippen LogP contribution in [0.5, 0.6) is 0 Å². The molecular weight excluding hydrogens is 569 g/mol. The molecule has 0 radical (unpaired) electrons. The number of sulfonamides is 1. The first-order valence-electron chi connectivity index (χ1n) is 11.8. The van der Waals surface area contributed by atoms with Gasteiger partial charge in [0.1, 0.15) is 12.6 Å². The summed E-state index contributed by atoms with van der Waals surface area (Å²) in [6.45, 7) is 4.82. The molecular formula is C27H28Cl3N3O4S. The van der Waals surface area contributed by atoms with Crippen molar-refractivity contribution in [3.8, 4) is 0 Å². The number of carbonyl (C=O) groups excluding carboxylic acids is 2. The van der Waals surface area contributed by atoms with Crippen molar-refractivity contribution < 1.29 is 18.0 Å². The van der Waals surface area contributed by atoms with Crippen molar-refractivity contribution in [3.05, 3.63) is 92.9 Å². The standard InChI is InChI=1S/C27H28Cl3N3O4S/c1-4-31-27(35)19(3)32(16-20-11-13-21(28)14-24(20)30)26(34)17-33(25-15-22(29)12-10-18(25)2)38(36,37)23-8-6-5-7-9-23/h5-15,19H,4,16-17H2,1-3H3,(H,31,35)/t19-/m1/s1. The minimum Gasteiger partial charge on any atom is -0.355 e. The van der Waals surface area contributed by atoms with Gasteiger partial charge in [0.05, 0.1) is 10.6 Å². The Labute approximate surface area is 238 Å². The lowest BCUT2D eigenvalue weighted by Gasteiger charge is -2.32. The zero-order valence-corrected chi connectivity index (χ0v) is 24.2. The van der Waals surface area contributed by atoms with Crippen molar-refractivity contribution in [3.63, 3.8) is 0 Å². The van der Waals surface area contributed by atoms with Gasteiger partial charge in [-0.1, -0.05) is 65.1 Å². The summed E-state index contributed by atoms with van der Waals surface area (Å²) in [5.41, 5.74) is 1.41. The number of benzene rings is 3. The number of aryl methyl sites for hydroxylation is 1. The van der Waals surface area contributed by atoms with Gasteiger partial charge in [-0.15, -0.1) is 0 Å². The van der Waals surface area contributed by atoms with Crippen molar-refractivity contribution >= 4 is 62.3 Å². The molecule has 38 heavy (non-hydrogen) atoms. The van der Waals surface area contributed by atoms with E-state index in [1.807, 2.05) is 0 Å². The van der Waals surface area contributed by atoms with Crippen molar-refractivity contribution in [1.82, 2.24) is 10.2 Å². The highest BCUT2D eigenvalue weighted by atomic mass is 35.5. The molecule has 0 aliphatic carbocycles. The predicted octanol–water partition coefficient (Wildman–Crippen LogP) is 5.70. The summed E-state index contributed by atoms with van der Waals surface area (Å²) in [5.74, 6) is -0.990. The van der Waals surface area contributed by atoms with Crippen LogP contribution in [0, 0.1) is 6.92 Å². The van der Waals surface area contributed by atoms with E-state index in [0.29, 0.717) is 32.7 Å². The van der Waals surface area contributed by atoms with Gasteiger partial charge in [0.25, 0.3) is 10.0 Å². The van der Waals surface area contributed by atoms with Crippen LogP contribution in [-0.4, -0.2) is 44.3 Å². The smallest absolute Gasteiger partial charge is 0.264 e. The lowest BCUT2D eigenvalue weighted by atomic mass is 10.1. The summed E-state index contributed by atoms with van der Waals surface area (Å²) >= 11 is 18.6. The van der Waals surface area contributed by atoms with E-state index in [0.717, 1.165) is 4.31 Å². The molecule has 0 saturated carbocycles. The highest BCUT2D eigenvalue weighted by Crippen LogP contribution is 2.30. The Morgan fingerprint density at radius 2 is 1.58 bits per heavy atom. The zero-order valence-electron chi connectivity index (χ0n) is 21.1. The second-order valence-electron chi connectivity index (χ2n) is 8.58. The Bertz CT molecular complexity index is 1420. The quantitative estimate of drug-likeness (QED) is 0.325. The van der Waals surface area contributed by atoms with E-state index in [9.17, 15) is 18.0 Å². The fourth-order valence-electron chi connectivity index (χ4n) is 3.82. The van der Waals surface area contributed by atoms with Gasteiger partial charge in [0, 0.05) is 28.2 Å². The first-order chi connectivity index (χ1) is 17.9. The van der Waals surface area contributed by atoms with Crippen LogP contribution in [0.2, 0.25) is 15.1 Å². The average Bonchev–Trinajstić information content (AvgIpc) is 2.88. The molecule has 0 fully saturated rings. The lowest BCUT2D eigenvalue weighted by Crippen LogP contribution is -2.51. The van der Waals surface area contributed by atoms with Gasteiger partial charge in [-0.05, 0) is 68.3 Å². The minimum atomic E-state index is -4.18. The third kappa shape index (κ3) is 6.99. The van der Waals surface area contributed by atoms with E-state index in [4.69, 9.17) is 34.8 Å². The van der Waals surface area contributed by atoms with Crippen LogP contribution in [0.1, 0.15) is 25.0 Å². The number of hydrogen-bond acceptors (Lipinski definition) is 4. The van der Waals surface area contributed by atoms with Crippen molar-refractivity contribution in [1.29, 1.82) is 0 Å². The van der Waals surface area contributed by atoms with Crippen molar-refractivity contribution in [2.45, 2.75) is 38.3 Å². The molecule has 0 heterocycles. The topological polar surface area (TPSA) is 86.8 Å². The summed E-state index contributed by atoms with van der Waals surface area (Å²) in [6, 6.07) is 16.5. The first kappa shape index (κ1) is 29.8. The maximum Gasteiger partial charge on any atom is 0.264 e. The normalized spacial score (nSPS) is 12.1. The molecule has 3 aromatic rings. The number of nitrogens with zero attached hydrogens (tertiary/aromatic N) is 2. The number of halogens is 3. The van der Waals surface area contributed by atoms with Gasteiger partial charge in [-0.2, -0.15) is 0 Å². The van der Waals surface area contributed by atoms with E-state index in [1.165, 1.54) is 23.1 Å². The molecule has 0 saturated heterocycles. The molecule has 2 amide bonds. The van der Waals surface area contributed by atoms with Crippen LogP contribution >= 0.6 is 34.8 Å². The maximum atomic E-state index is 13.9. The Balaban J connectivity index is 2.08. The molecule has 3 rings (SSSR count). The molecule has 0 aliphatic rings. The van der Waals surface area contributed by atoms with E-state index in [-0.39, 0.29) is 23.0 Å². The van der Waals surface area contributed by atoms with Gasteiger partial charge in [0.2, 0.25) is 11.8 Å². The van der Waals surface area contributed by atoms with E-state index < -0.39 is 28.5 Å². The van der Waals surface area contributed by atoms with Gasteiger partial charge < -0.3 is 10.2 Å². The molecule has 0 bridgehead atoms. The van der Waals surface area contributed by atoms with E-state index >= 15 is 0 Å². The third-order valence-electron chi connectivity index (χ3n) is 5.92. The molecule has 3 aromatic carbocycles. The van der Waals surface area contributed by atoms with Gasteiger partial charge >= 0.3 is 0 Å². The molecule has 1 atom stereocenters. The molecule has 0 aliphatic heterocycles. The summed E-state index contributed by atoms with van der Waals surface area (Å²) in [5, 5.41) is 3.76. The highest BCUT2D eigenvalue weighted by Gasteiger charge is 2.33. The number of hydrogen-bond donors (Lipinski definition) is 1. The minimum absolute atomic E-state index is 0.0104. The number of carbonyl (C=O) groups is 2. The molecule has 0 aromatic heterocycles. The number of nitrogens with one attached hydrogen (secondary N) is 1. The monoisotopic (exact) mass is 595 g/mol.